The van der Waals surface area contributed by atoms with Gasteiger partial charge in [-0.2, -0.15) is 4.98 Å². The van der Waals surface area contributed by atoms with E-state index in [1.54, 1.807) is 20.3 Å². The maximum Gasteiger partial charge on any atom is 0.339 e. The number of aryl methyl sites for hydroxylation is 1. The van der Waals surface area contributed by atoms with E-state index in [1.165, 1.54) is 16.4 Å². The normalized spacial score (nSPS) is 10.4. The maximum atomic E-state index is 11.2. The van der Waals surface area contributed by atoms with Gasteiger partial charge in [-0.3, -0.25) is 19.4 Å². The van der Waals surface area contributed by atoms with Crippen molar-refractivity contribution in [2.24, 2.45) is 7.05 Å². The quantitative estimate of drug-likeness (QED) is 0.613. The second-order valence-corrected chi connectivity index (χ2v) is 4.73. The number of aromatic amines is 1. The molecule has 7 nitrogen and oxygen atoms in total. The molecule has 0 amide bonds. The van der Waals surface area contributed by atoms with Crippen LogP contribution < -0.4 is 16.4 Å². The van der Waals surface area contributed by atoms with Crippen molar-refractivity contribution >= 4 is 17.6 Å². The SMILES string of the molecule is CNc1cc(CSc2nc(=O)c(=O)[nH]n2C)ccn1. The minimum atomic E-state index is -0.772. The Hall–Kier alpha value is -2.09. The van der Waals surface area contributed by atoms with Crippen LogP contribution in [0.25, 0.3) is 0 Å². The minimum Gasteiger partial charge on any atom is -0.373 e. The monoisotopic (exact) mass is 279 g/mol. The van der Waals surface area contributed by atoms with Gasteiger partial charge in [-0.15, -0.1) is 0 Å². The molecule has 19 heavy (non-hydrogen) atoms. The first-order valence-electron chi connectivity index (χ1n) is 5.53. The molecule has 0 fully saturated rings. The predicted octanol–water partition coefficient (Wildman–Crippen LogP) is 0.198. The highest BCUT2D eigenvalue weighted by atomic mass is 32.2. The molecule has 0 spiro atoms. The van der Waals surface area contributed by atoms with Crippen molar-refractivity contribution in [3.05, 3.63) is 44.6 Å². The number of thioether (sulfide) groups is 1. The number of H-pyrrole nitrogens is 1. The van der Waals surface area contributed by atoms with Crippen LogP contribution in [0.4, 0.5) is 5.82 Å². The van der Waals surface area contributed by atoms with Gasteiger partial charge in [-0.25, -0.2) is 4.98 Å². The Kier molecular flexibility index (Phi) is 4.00. The Bertz CT molecular complexity index is 694. The number of nitrogens with one attached hydrogen (secondary N) is 2. The van der Waals surface area contributed by atoms with Crippen molar-refractivity contribution in [3.8, 4) is 0 Å². The molecule has 2 rings (SSSR count). The molecule has 0 saturated heterocycles. The third kappa shape index (κ3) is 3.22. The second kappa shape index (κ2) is 5.70. The zero-order valence-electron chi connectivity index (χ0n) is 10.5. The average molecular weight is 279 g/mol. The summed E-state index contributed by atoms with van der Waals surface area (Å²) in [6, 6.07) is 3.80. The lowest BCUT2D eigenvalue weighted by atomic mass is 10.3. The highest BCUT2D eigenvalue weighted by Crippen LogP contribution is 2.19. The maximum absolute atomic E-state index is 11.2. The lowest BCUT2D eigenvalue weighted by molar-refractivity contribution is 0.596. The Balaban J connectivity index is 2.16. The number of rotatable bonds is 4. The molecule has 0 aromatic carbocycles. The first-order chi connectivity index (χ1) is 9.10. The molecule has 0 saturated carbocycles. The molecule has 0 bridgehead atoms. The van der Waals surface area contributed by atoms with Gasteiger partial charge >= 0.3 is 11.1 Å². The number of pyridine rings is 1. The van der Waals surface area contributed by atoms with Crippen LogP contribution in [0, 0.1) is 0 Å². The topological polar surface area (TPSA) is 92.7 Å². The molecule has 2 N–H and O–H groups in total. The molecule has 0 radical (unpaired) electrons. The zero-order valence-corrected chi connectivity index (χ0v) is 11.3. The summed E-state index contributed by atoms with van der Waals surface area (Å²) in [5.41, 5.74) is -0.440. The van der Waals surface area contributed by atoms with Gasteiger partial charge in [0.05, 0.1) is 0 Å². The van der Waals surface area contributed by atoms with Crippen LogP contribution in [0.15, 0.2) is 33.1 Å². The van der Waals surface area contributed by atoms with E-state index in [9.17, 15) is 9.59 Å². The third-order valence-electron chi connectivity index (χ3n) is 2.40. The molecule has 0 atom stereocenters. The van der Waals surface area contributed by atoms with Crippen LogP contribution in [0.5, 0.6) is 0 Å². The lowest BCUT2D eigenvalue weighted by Crippen LogP contribution is -2.33. The molecule has 2 aromatic heterocycles. The highest BCUT2D eigenvalue weighted by Gasteiger charge is 2.05. The van der Waals surface area contributed by atoms with Gasteiger partial charge in [0.1, 0.15) is 5.82 Å². The van der Waals surface area contributed by atoms with Gasteiger partial charge in [-0.1, -0.05) is 11.8 Å². The van der Waals surface area contributed by atoms with Crippen molar-refractivity contribution < 1.29 is 0 Å². The van der Waals surface area contributed by atoms with Gasteiger partial charge in [0.15, 0.2) is 5.16 Å². The smallest absolute Gasteiger partial charge is 0.339 e. The van der Waals surface area contributed by atoms with Gasteiger partial charge in [0.2, 0.25) is 0 Å². The van der Waals surface area contributed by atoms with Crippen LogP contribution in [-0.4, -0.2) is 26.8 Å². The van der Waals surface area contributed by atoms with Crippen molar-refractivity contribution in [1.82, 2.24) is 19.7 Å². The summed E-state index contributed by atoms with van der Waals surface area (Å²) < 4.78 is 1.44. The molecule has 2 aromatic rings. The fraction of sp³-hybridized carbons (Fsp3) is 0.273. The number of nitrogens with zero attached hydrogens (tertiary/aromatic N) is 3. The summed E-state index contributed by atoms with van der Waals surface area (Å²) in [4.78, 5) is 30.1. The Morgan fingerprint density at radius 3 is 3.00 bits per heavy atom. The van der Waals surface area contributed by atoms with E-state index in [0.717, 1.165) is 11.4 Å². The second-order valence-electron chi connectivity index (χ2n) is 3.79. The summed E-state index contributed by atoms with van der Waals surface area (Å²) in [5.74, 6) is 1.41. The van der Waals surface area contributed by atoms with Gasteiger partial charge in [0, 0.05) is 26.0 Å². The standard InChI is InChI=1S/C11H13N5O2S/c1-12-8-5-7(3-4-13-8)6-19-11-14-9(17)10(18)15-16(11)2/h3-5H,6H2,1-2H3,(H,12,13)(H,15,18). The van der Waals surface area contributed by atoms with E-state index in [4.69, 9.17) is 0 Å². The van der Waals surface area contributed by atoms with Crippen LogP contribution in [0.2, 0.25) is 0 Å². The van der Waals surface area contributed by atoms with Crippen LogP contribution in [-0.2, 0) is 12.8 Å². The number of hydrogen-bond donors (Lipinski definition) is 2. The van der Waals surface area contributed by atoms with E-state index in [0.29, 0.717) is 10.9 Å². The lowest BCUT2D eigenvalue weighted by Gasteiger charge is -2.06. The van der Waals surface area contributed by atoms with Crippen molar-refractivity contribution in [2.75, 3.05) is 12.4 Å². The molecule has 2 heterocycles. The number of hydrogen-bond acceptors (Lipinski definition) is 6. The fourth-order valence-corrected chi connectivity index (χ4v) is 2.30. The Morgan fingerprint density at radius 1 is 1.47 bits per heavy atom. The van der Waals surface area contributed by atoms with E-state index in [-0.39, 0.29) is 0 Å². The molecule has 100 valence electrons. The Labute approximate surface area is 113 Å². The summed E-state index contributed by atoms with van der Waals surface area (Å²) in [6.45, 7) is 0. The molecular weight excluding hydrogens is 266 g/mol. The highest BCUT2D eigenvalue weighted by molar-refractivity contribution is 7.98. The minimum absolute atomic E-state index is 0.465. The van der Waals surface area contributed by atoms with Gasteiger partial charge in [0.25, 0.3) is 0 Å². The van der Waals surface area contributed by atoms with Crippen molar-refractivity contribution in [1.29, 1.82) is 0 Å². The van der Waals surface area contributed by atoms with E-state index >= 15 is 0 Å². The van der Waals surface area contributed by atoms with Crippen LogP contribution in [0.3, 0.4) is 0 Å². The first kappa shape index (κ1) is 13.3. The Morgan fingerprint density at radius 2 is 2.26 bits per heavy atom. The largest absolute Gasteiger partial charge is 0.373 e. The molecule has 8 heteroatoms. The van der Waals surface area contributed by atoms with E-state index in [2.05, 4.69) is 20.4 Å². The molecule has 0 aliphatic rings. The predicted molar refractivity (Wildman–Crippen MR) is 73.4 cm³/mol. The van der Waals surface area contributed by atoms with Gasteiger partial charge in [-0.05, 0) is 17.7 Å². The van der Waals surface area contributed by atoms with E-state index < -0.39 is 11.1 Å². The fourth-order valence-electron chi connectivity index (χ4n) is 1.44. The van der Waals surface area contributed by atoms with Crippen molar-refractivity contribution in [3.63, 3.8) is 0 Å². The number of aromatic nitrogens is 4. The molecule has 0 aliphatic carbocycles. The average Bonchev–Trinajstić information content (AvgIpc) is 2.41. The third-order valence-corrected chi connectivity index (χ3v) is 3.50. The molecule has 0 aliphatic heterocycles. The summed E-state index contributed by atoms with van der Waals surface area (Å²) in [7, 11) is 3.44. The molecule has 0 unspecified atom stereocenters. The summed E-state index contributed by atoms with van der Waals surface area (Å²) in [6.07, 6.45) is 1.71. The summed E-state index contributed by atoms with van der Waals surface area (Å²) >= 11 is 1.37. The van der Waals surface area contributed by atoms with E-state index in [1.807, 2.05) is 12.1 Å². The first-order valence-corrected chi connectivity index (χ1v) is 6.51. The molecular formula is C11H13N5O2S. The van der Waals surface area contributed by atoms with Crippen LogP contribution >= 0.6 is 11.8 Å². The zero-order chi connectivity index (χ0) is 13.8. The van der Waals surface area contributed by atoms with Crippen LogP contribution in [0.1, 0.15) is 5.56 Å². The van der Waals surface area contributed by atoms with Gasteiger partial charge < -0.3 is 5.32 Å². The van der Waals surface area contributed by atoms with Crippen molar-refractivity contribution in [2.45, 2.75) is 10.9 Å². The summed E-state index contributed by atoms with van der Waals surface area (Å²) in [5, 5.41) is 5.83. The number of anilines is 1.